The lowest BCUT2D eigenvalue weighted by Gasteiger charge is -2.13. The number of aromatic nitrogens is 1. The Hall–Kier alpha value is -3.67. The van der Waals surface area contributed by atoms with Crippen molar-refractivity contribution in [2.45, 2.75) is 39.7 Å². The molecule has 0 aliphatic rings. The van der Waals surface area contributed by atoms with Crippen molar-refractivity contribution in [3.05, 3.63) is 89.7 Å². The molecule has 1 amide bonds. The van der Waals surface area contributed by atoms with Crippen molar-refractivity contribution in [1.82, 2.24) is 10.3 Å². The number of carbonyl (C=O) groups is 1. The maximum Gasteiger partial charge on any atom is 0.257 e. The standard InChI is InChI=1S/C26H30N4O2/c1-3-5-17-32-24-11-9-22(10-12-24)25(31)30-26(28-19-21-13-15-27-16-14-21)29-23-8-6-7-20(4-2)18-23/h6-16,18H,3-5,17,19H2,1-2H3,(H2,28,29,30,31). The van der Waals surface area contributed by atoms with Gasteiger partial charge in [0.25, 0.3) is 5.91 Å². The molecule has 166 valence electrons. The van der Waals surface area contributed by atoms with E-state index in [1.165, 1.54) is 5.56 Å². The second-order valence-corrected chi connectivity index (χ2v) is 7.38. The normalized spacial score (nSPS) is 11.1. The molecule has 2 N–H and O–H groups in total. The molecular weight excluding hydrogens is 400 g/mol. The monoisotopic (exact) mass is 430 g/mol. The van der Waals surface area contributed by atoms with E-state index in [0.29, 0.717) is 24.7 Å². The number of unbranched alkanes of at least 4 members (excludes halogenated alkanes) is 1. The van der Waals surface area contributed by atoms with Crippen LogP contribution in [0.3, 0.4) is 0 Å². The number of carbonyl (C=O) groups excluding carboxylic acids is 1. The zero-order chi connectivity index (χ0) is 22.6. The number of hydrogen-bond donors (Lipinski definition) is 2. The van der Waals surface area contributed by atoms with Crippen molar-refractivity contribution in [2.75, 3.05) is 11.9 Å². The van der Waals surface area contributed by atoms with Gasteiger partial charge in [-0.3, -0.25) is 15.1 Å². The van der Waals surface area contributed by atoms with Crippen LogP contribution in [0, 0.1) is 0 Å². The van der Waals surface area contributed by atoms with E-state index < -0.39 is 0 Å². The van der Waals surface area contributed by atoms with Crippen LogP contribution in [-0.4, -0.2) is 23.5 Å². The molecular formula is C26H30N4O2. The zero-order valence-corrected chi connectivity index (χ0v) is 18.7. The highest BCUT2D eigenvalue weighted by molar-refractivity contribution is 6.10. The van der Waals surface area contributed by atoms with Crippen LogP contribution in [0.4, 0.5) is 5.69 Å². The molecule has 0 aliphatic carbocycles. The number of aryl methyl sites for hydroxylation is 1. The number of nitrogens with zero attached hydrogens (tertiary/aromatic N) is 2. The predicted molar refractivity (Wildman–Crippen MR) is 129 cm³/mol. The number of pyridine rings is 1. The number of anilines is 1. The van der Waals surface area contributed by atoms with Gasteiger partial charge < -0.3 is 10.1 Å². The summed E-state index contributed by atoms with van der Waals surface area (Å²) in [6.45, 7) is 5.32. The van der Waals surface area contributed by atoms with E-state index in [2.05, 4.69) is 46.6 Å². The number of hydrogen-bond acceptors (Lipinski definition) is 4. The molecule has 1 aromatic heterocycles. The highest BCUT2D eigenvalue weighted by atomic mass is 16.5. The topological polar surface area (TPSA) is 75.6 Å². The molecule has 1 heterocycles. The lowest BCUT2D eigenvalue weighted by Crippen LogP contribution is -2.36. The highest BCUT2D eigenvalue weighted by Gasteiger charge is 2.10. The van der Waals surface area contributed by atoms with Crippen LogP contribution in [0.1, 0.15) is 48.2 Å². The van der Waals surface area contributed by atoms with Crippen molar-refractivity contribution >= 4 is 17.6 Å². The zero-order valence-electron chi connectivity index (χ0n) is 18.7. The maximum atomic E-state index is 12.9. The van der Waals surface area contributed by atoms with Gasteiger partial charge in [-0.2, -0.15) is 0 Å². The summed E-state index contributed by atoms with van der Waals surface area (Å²) in [5.41, 5.74) is 3.62. The van der Waals surface area contributed by atoms with Gasteiger partial charge in [0, 0.05) is 23.6 Å². The Balaban J connectivity index is 1.72. The van der Waals surface area contributed by atoms with Gasteiger partial charge >= 0.3 is 0 Å². The van der Waals surface area contributed by atoms with Gasteiger partial charge in [-0.25, -0.2) is 4.99 Å². The van der Waals surface area contributed by atoms with Crippen molar-refractivity contribution in [2.24, 2.45) is 4.99 Å². The molecule has 2 aromatic carbocycles. The number of rotatable bonds is 9. The van der Waals surface area contributed by atoms with E-state index in [1.54, 1.807) is 24.5 Å². The number of nitrogens with one attached hydrogen (secondary N) is 2. The van der Waals surface area contributed by atoms with E-state index in [-0.39, 0.29) is 5.91 Å². The fourth-order valence-electron chi connectivity index (χ4n) is 2.99. The minimum Gasteiger partial charge on any atom is -0.494 e. The molecule has 0 bridgehead atoms. The Kier molecular flexibility index (Phi) is 8.80. The van der Waals surface area contributed by atoms with Crippen LogP contribution in [-0.2, 0) is 13.0 Å². The van der Waals surface area contributed by atoms with E-state index >= 15 is 0 Å². The molecule has 0 radical (unpaired) electrons. The fraction of sp³-hybridized carbons (Fsp3) is 0.269. The molecule has 0 atom stereocenters. The third-order valence-corrected chi connectivity index (χ3v) is 4.88. The molecule has 0 saturated heterocycles. The SMILES string of the molecule is CCCCOc1ccc(C(=O)NC(=NCc2ccncc2)Nc2cccc(CC)c2)cc1. The van der Waals surface area contributed by atoms with Crippen molar-refractivity contribution < 1.29 is 9.53 Å². The Morgan fingerprint density at radius 2 is 1.78 bits per heavy atom. The molecule has 0 unspecified atom stereocenters. The maximum absolute atomic E-state index is 12.9. The second-order valence-electron chi connectivity index (χ2n) is 7.38. The lowest BCUT2D eigenvalue weighted by atomic mass is 10.1. The van der Waals surface area contributed by atoms with Gasteiger partial charge in [0.1, 0.15) is 5.75 Å². The average molecular weight is 431 g/mol. The summed E-state index contributed by atoms with van der Waals surface area (Å²) in [6.07, 6.45) is 6.47. The molecule has 0 fully saturated rings. The Labute approximate surface area is 189 Å². The summed E-state index contributed by atoms with van der Waals surface area (Å²) >= 11 is 0. The van der Waals surface area contributed by atoms with Crippen LogP contribution >= 0.6 is 0 Å². The summed E-state index contributed by atoms with van der Waals surface area (Å²) in [5, 5.41) is 6.15. The summed E-state index contributed by atoms with van der Waals surface area (Å²) in [7, 11) is 0. The van der Waals surface area contributed by atoms with Crippen LogP contribution in [0.2, 0.25) is 0 Å². The quantitative estimate of drug-likeness (QED) is 0.277. The molecule has 3 aromatic rings. The van der Waals surface area contributed by atoms with Crippen LogP contribution in [0.15, 0.2) is 78.0 Å². The smallest absolute Gasteiger partial charge is 0.257 e. The van der Waals surface area contributed by atoms with Gasteiger partial charge in [-0.1, -0.05) is 32.4 Å². The van der Waals surface area contributed by atoms with E-state index in [9.17, 15) is 4.79 Å². The number of ether oxygens (including phenoxy) is 1. The molecule has 32 heavy (non-hydrogen) atoms. The highest BCUT2D eigenvalue weighted by Crippen LogP contribution is 2.14. The summed E-state index contributed by atoms with van der Waals surface area (Å²) in [6, 6.07) is 19.0. The second kappa shape index (κ2) is 12.2. The largest absolute Gasteiger partial charge is 0.494 e. The number of guanidine groups is 1. The summed E-state index contributed by atoms with van der Waals surface area (Å²) in [4.78, 5) is 21.5. The van der Waals surface area contributed by atoms with Gasteiger partial charge in [0.05, 0.1) is 13.2 Å². The first kappa shape index (κ1) is 23.0. The number of amides is 1. The van der Waals surface area contributed by atoms with Gasteiger partial charge in [0.15, 0.2) is 0 Å². The molecule has 0 saturated carbocycles. The molecule has 6 nitrogen and oxygen atoms in total. The van der Waals surface area contributed by atoms with Crippen molar-refractivity contribution in [3.63, 3.8) is 0 Å². The first-order chi connectivity index (χ1) is 15.7. The van der Waals surface area contributed by atoms with Crippen LogP contribution < -0.4 is 15.4 Å². The predicted octanol–water partition coefficient (Wildman–Crippen LogP) is 5.22. The van der Waals surface area contributed by atoms with Crippen molar-refractivity contribution in [3.8, 4) is 5.75 Å². The van der Waals surface area contributed by atoms with Crippen LogP contribution in [0.25, 0.3) is 0 Å². The third-order valence-electron chi connectivity index (χ3n) is 4.88. The van der Waals surface area contributed by atoms with Gasteiger partial charge in [0.2, 0.25) is 5.96 Å². The Morgan fingerprint density at radius 3 is 2.50 bits per heavy atom. The summed E-state index contributed by atoms with van der Waals surface area (Å²) in [5.74, 6) is 0.914. The lowest BCUT2D eigenvalue weighted by molar-refractivity contribution is 0.0977. The molecule has 0 aliphatic heterocycles. The molecule has 0 spiro atoms. The first-order valence-electron chi connectivity index (χ1n) is 11.0. The van der Waals surface area contributed by atoms with E-state index in [1.807, 2.05) is 36.4 Å². The van der Waals surface area contributed by atoms with Gasteiger partial charge in [-0.05, 0) is 72.5 Å². The summed E-state index contributed by atoms with van der Waals surface area (Å²) < 4.78 is 5.68. The molecule has 3 rings (SSSR count). The minimum atomic E-state index is -0.238. The first-order valence-corrected chi connectivity index (χ1v) is 11.0. The minimum absolute atomic E-state index is 0.238. The Bertz CT molecular complexity index is 1020. The van der Waals surface area contributed by atoms with Crippen molar-refractivity contribution in [1.29, 1.82) is 0 Å². The Morgan fingerprint density at radius 1 is 1.00 bits per heavy atom. The fourth-order valence-corrected chi connectivity index (χ4v) is 2.99. The van der Waals surface area contributed by atoms with Crippen LogP contribution in [0.5, 0.6) is 5.75 Å². The third kappa shape index (κ3) is 7.23. The van der Waals surface area contributed by atoms with E-state index in [4.69, 9.17) is 4.74 Å². The molecule has 6 heteroatoms. The number of benzene rings is 2. The average Bonchev–Trinajstić information content (AvgIpc) is 2.84. The number of aliphatic imine (C=N–C) groups is 1. The van der Waals surface area contributed by atoms with E-state index in [0.717, 1.165) is 36.3 Å². The van der Waals surface area contributed by atoms with Gasteiger partial charge in [-0.15, -0.1) is 0 Å².